The number of aromatic amines is 1. The van der Waals surface area contributed by atoms with Gasteiger partial charge >= 0.3 is 0 Å². The van der Waals surface area contributed by atoms with Crippen molar-refractivity contribution in [2.75, 3.05) is 6.54 Å². The topological polar surface area (TPSA) is 79.8 Å². The number of amides is 1. The predicted octanol–water partition coefficient (Wildman–Crippen LogP) is 1.15. The Morgan fingerprint density at radius 1 is 1.29 bits per heavy atom. The highest BCUT2D eigenvalue weighted by Crippen LogP contribution is 2.13. The number of carbonyl (C=O) groups excluding carboxylic acids is 1. The highest BCUT2D eigenvalue weighted by atomic mass is 16.1. The van der Waals surface area contributed by atoms with E-state index in [2.05, 4.69) is 15.3 Å². The summed E-state index contributed by atoms with van der Waals surface area (Å²) in [6, 6.07) is 7.06. The minimum absolute atomic E-state index is 0.194. The van der Waals surface area contributed by atoms with Crippen molar-refractivity contribution < 1.29 is 4.79 Å². The minimum atomic E-state index is -0.206. The van der Waals surface area contributed by atoms with Gasteiger partial charge in [0.15, 0.2) is 0 Å². The molecule has 21 heavy (non-hydrogen) atoms. The number of benzene rings is 1. The lowest BCUT2D eigenvalue weighted by Gasteiger charge is -2.08. The Kier molecular flexibility index (Phi) is 3.51. The van der Waals surface area contributed by atoms with Crippen molar-refractivity contribution >= 4 is 16.7 Å². The summed E-state index contributed by atoms with van der Waals surface area (Å²) in [4.78, 5) is 30.5. The largest absolute Gasteiger partial charge is 0.350 e. The molecule has 6 nitrogen and oxygen atoms in total. The Hall–Kier alpha value is -2.89. The van der Waals surface area contributed by atoms with Gasteiger partial charge in [0, 0.05) is 42.5 Å². The maximum Gasteiger partial charge on any atom is 0.255 e. The van der Waals surface area contributed by atoms with Gasteiger partial charge in [-0.2, -0.15) is 0 Å². The lowest BCUT2D eigenvalue weighted by atomic mass is 10.1. The Morgan fingerprint density at radius 3 is 2.86 bits per heavy atom. The van der Waals surface area contributed by atoms with Crippen molar-refractivity contribution in [1.29, 1.82) is 0 Å². The van der Waals surface area contributed by atoms with Gasteiger partial charge in [-0.05, 0) is 6.07 Å². The summed E-state index contributed by atoms with van der Waals surface area (Å²) in [5.74, 6) is -0.206. The van der Waals surface area contributed by atoms with Crippen molar-refractivity contribution in [1.82, 2.24) is 19.9 Å². The molecule has 0 fully saturated rings. The number of carbonyl (C=O) groups is 1. The first-order valence-electron chi connectivity index (χ1n) is 6.60. The van der Waals surface area contributed by atoms with Gasteiger partial charge in [0.05, 0.1) is 11.9 Å². The predicted molar refractivity (Wildman–Crippen MR) is 79.1 cm³/mol. The molecule has 3 rings (SSSR count). The Bertz CT molecular complexity index is 821. The van der Waals surface area contributed by atoms with Crippen molar-refractivity contribution in [3.63, 3.8) is 0 Å². The summed E-state index contributed by atoms with van der Waals surface area (Å²) < 4.78 is 1.88. The molecular weight excluding hydrogens is 268 g/mol. The van der Waals surface area contributed by atoms with Gasteiger partial charge in [0.25, 0.3) is 11.5 Å². The zero-order valence-corrected chi connectivity index (χ0v) is 11.2. The van der Waals surface area contributed by atoms with Crippen LogP contribution in [0, 0.1) is 0 Å². The molecule has 0 unspecified atom stereocenters. The first-order chi connectivity index (χ1) is 10.3. The fraction of sp³-hybridized carbons (Fsp3) is 0.133. The third-order valence-corrected chi connectivity index (χ3v) is 3.27. The Morgan fingerprint density at radius 2 is 2.10 bits per heavy atom. The van der Waals surface area contributed by atoms with Crippen LogP contribution in [0.4, 0.5) is 0 Å². The number of hydrogen-bond acceptors (Lipinski definition) is 3. The van der Waals surface area contributed by atoms with E-state index in [1.54, 1.807) is 30.7 Å². The van der Waals surface area contributed by atoms with Crippen molar-refractivity contribution in [3.8, 4) is 0 Å². The van der Waals surface area contributed by atoms with Gasteiger partial charge in [-0.15, -0.1) is 0 Å². The van der Waals surface area contributed by atoms with E-state index in [9.17, 15) is 9.59 Å². The smallest absolute Gasteiger partial charge is 0.255 e. The number of rotatable bonds is 4. The van der Waals surface area contributed by atoms with E-state index in [1.807, 2.05) is 16.8 Å². The van der Waals surface area contributed by atoms with E-state index in [1.165, 1.54) is 6.20 Å². The van der Waals surface area contributed by atoms with Crippen LogP contribution < -0.4 is 10.9 Å². The summed E-state index contributed by atoms with van der Waals surface area (Å²) in [5, 5.41) is 4.01. The van der Waals surface area contributed by atoms with Crippen molar-refractivity contribution in [2.45, 2.75) is 6.54 Å². The molecular formula is C15H14N4O2. The second-order valence-corrected chi connectivity index (χ2v) is 4.63. The van der Waals surface area contributed by atoms with Crippen molar-refractivity contribution in [2.24, 2.45) is 0 Å². The summed E-state index contributed by atoms with van der Waals surface area (Å²) in [6.07, 6.45) is 6.68. The number of nitrogens with one attached hydrogen (secondary N) is 2. The number of nitrogens with zero attached hydrogens (tertiary/aromatic N) is 2. The van der Waals surface area contributed by atoms with E-state index >= 15 is 0 Å². The normalized spacial score (nSPS) is 10.7. The zero-order valence-electron chi connectivity index (χ0n) is 11.2. The standard InChI is InChI=1S/C15H14N4O2/c20-14-12-4-2-1-3-11(12)13(9-18-14)15(21)17-6-8-19-7-5-16-10-19/h1-5,7,9-10H,6,8H2,(H,17,21)(H,18,20). The van der Waals surface area contributed by atoms with Gasteiger partial charge in [0.1, 0.15) is 0 Å². The molecule has 0 aliphatic rings. The van der Waals surface area contributed by atoms with Crippen LogP contribution in [0.25, 0.3) is 10.8 Å². The number of imidazole rings is 1. The number of pyridine rings is 1. The lowest BCUT2D eigenvalue weighted by molar-refractivity contribution is 0.0953. The van der Waals surface area contributed by atoms with Crippen LogP contribution in [-0.2, 0) is 6.54 Å². The highest BCUT2D eigenvalue weighted by molar-refractivity contribution is 6.06. The van der Waals surface area contributed by atoms with Gasteiger partial charge in [-0.3, -0.25) is 9.59 Å². The molecule has 0 spiro atoms. The second kappa shape index (κ2) is 5.62. The van der Waals surface area contributed by atoms with E-state index in [0.29, 0.717) is 29.4 Å². The molecule has 0 atom stereocenters. The molecule has 0 aliphatic carbocycles. The van der Waals surface area contributed by atoms with Crippen LogP contribution in [0.3, 0.4) is 0 Å². The van der Waals surface area contributed by atoms with Gasteiger partial charge in [0.2, 0.25) is 0 Å². The van der Waals surface area contributed by atoms with Crippen LogP contribution in [0.15, 0.2) is 54.0 Å². The summed E-state index contributed by atoms with van der Waals surface area (Å²) in [5.41, 5.74) is 0.274. The average molecular weight is 282 g/mol. The molecule has 0 saturated heterocycles. The number of fused-ring (bicyclic) bond motifs is 1. The van der Waals surface area contributed by atoms with Crippen LogP contribution in [-0.4, -0.2) is 27.0 Å². The number of hydrogen-bond donors (Lipinski definition) is 2. The molecule has 0 radical (unpaired) electrons. The quantitative estimate of drug-likeness (QED) is 0.753. The molecule has 0 bridgehead atoms. The third-order valence-electron chi connectivity index (χ3n) is 3.27. The molecule has 1 aromatic carbocycles. The molecule has 106 valence electrons. The Balaban J connectivity index is 1.78. The molecule has 0 saturated carbocycles. The number of H-pyrrole nitrogens is 1. The molecule has 2 heterocycles. The minimum Gasteiger partial charge on any atom is -0.350 e. The first kappa shape index (κ1) is 13.1. The SMILES string of the molecule is O=C(NCCn1ccnc1)c1c[nH]c(=O)c2ccccc12. The summed E-state index contributed by atoms with van der Waals surface area (Å²) in [7, 11) is 0. The number of aromatic nitrogens is 3. The van der Waals surface area contributed by atoms with Crippen LogP contribution in [0.1, 0.15) is 10.4 Å². The maximum absolute atomic E-state index is 12.2. The fourth-order valence-electron chi connectivity index (χ4n) is 2.21. The molecule has 1 amide bonds. The summed E-state index contributed by atoms with van der Waals surface area (Å²) in [6.45, 7) is 1.13. The summed E-state index contributed by atoms with van der Waals surface area (Å²) >= 11 is 0. The molecule has 2 N–H and O–H groups in total. The van der Waals surface area contributed by atoms with Crippen LogP contribution >= 0.6 is 0 Å². The fourth-order valence-corrected chi connectivity index (χ4v) is 2.21. The third kappa shape index (κ3) is 2.69. The second-order valence-electron chi connectivity index (χ2n) is 4.63. The van der Waals surface area contributed by atoms with Crippen molar-refractivity contribution in [3.05, 3.63) is 65.1 Å². The molecule has 3 aromatic rings. The average Bonchev–Trinajstić information content (AvgIpc) is 3.01. The maximum atomic E-state index is 12.2. The first-order valence-corrected chi connectivity index (χ1v) is 6.60. The molecule has 0 aliphatic heterocycles. The van der Waals surface area contributed by atoms with E-state index in [4.69, 9.17) is 0 Å². The monoisotopic (exact) mass is 282 g/mol. The highest BCUT2D eigenvalue weighted by Gasteiger charge is 2.11. The van der Waals surface area contributed by atoms with Crippen LogP contribution in [0.5, 0.6) is 0 Å². The van der Waals surface area contributed by atoms with E-state index in [0.717, 1.165) is 0 Å². The lowest BCUT2D eigenvalue weighted by Crippen LogP contribution is -2.28. The Labute approximate surface area is 120 Å². The van der Waals surface area contributed by atoms with Gasteiger partial charge in [-0.25, -0.2) is 4.98 Å². The van der Waals surface area contributed by atoms with E-state index in [-0.39, 0.29) is 11.5 Å². The van der Waals surface area contributed by atoms with Gasteiger partial charge < -0.3 is 14.9 Å². The van der Waals surface area contributed by atoms with Crippen LogP contribution in [0.2, 0.25) is 0 Å². The van der Waals surface area contributed by atoms with E-state index < -0.39 is 0 Å². The zero-order chi connectivity index (χ0) is 14.7. The van der Waals surface area contributed by atoms with Gasteiger partial charge in [-0.1, -0.05) is 18.2 Å². The molecule has 6 heteroatoms. The molecule has 2 aromatic heterocycles.